The van der Waals surface area contributed by atoms with Crippen molar-refractivity contribution in [1.82, 2.24) is 15.5 Å². The van der Waals surface area contributed by atoms with E-state index < -0.39 is 0 Å². The highest BCUT2D eigenvalue weighted by molar-refractivity contribution is 5.99. The molecular formula is C19H19N3O3. The van der Waals surface area contributed by atoms with Gasteiger partial charge in [0.15, 0.2) is 11.5 Å². The molecule has 3 aromatic rings. The third-order valence-electron chi connectivity index (χ3n) is 3.92. The highest BCUT2D eigenvalue weighted by Crippen LogP contribution is 2.35. The molecule has 1 heterocycles. The summed E-state index contributed by atoms with van der Waals surface area (Å²) in [4.78, 5) is 12.1. The summed E-state index contributed by atoms with van der Waals surface area (Å²) >= 11 is 0. The van der Waals surface area contributed by atoms with E-state index in [0.29, 0.717) is 29.1 Å². The molecule has 0 saturated heterocycles. The molecule has 0 atom stereocenters. The van der Waals surface area contributed by atoms with Gasteiger partial charge in [-0.05, 0) is 30.7 Å². The van der Waals surface area contributed by atoms with Crippen LogP contribution in [0.25, 0.3) is 22.0 Å². The Bertz CT molecular complexity index is 925. The molecule has 3 rings (SSSR count). The molecule has 2 aromatic carbocycles. The number of nitrogens with one attached hydrogen (secondary N) is 1. The summed E-state index contributed by atoms with van der Waals surface area (Å²) < 4.78 is 10.7. The van der Waals surface area contributed by atoms with E-state index in [-0.39, 0.29) is 5.91 Å². The fourth-order valence-electron chi connectivity index (χ4n) is 2.71. The van der Waals surface area contributed by atoms with E-state index in [0.717, 1.165) is 16.5 Å². The van der Waals surface area contributed by atoms with Gasteiger partial charge in [-0.15, -0.1) is 0 Å². The van der Waals surface area contributed by atoms with Gasteiger partial charge in [-0.25, -0.2) is 0 Å². The summed E-state index contributed by atoms with van der Waals surface area (Å²) in [6.07, 6.45) is 1.69. The van der Waals surface area contributed by atoms with Gasteiger partial charge in [-0.3, -0.25) is 4.79 Å². The maximum absolute atomic E-state index is 12.1. The van der Waals surface area contributed by atoms with Crippen LogP contribution >= 0.6 is 0 Å². The van der Waals surface area contributed by atoms with Gasteiger partial charge < -0.3 is 14.8 Å². The van der Waals surface area contributed by atoms with Crippen molar-refractivity contribution >= 4 is 16.8 Å². The van der Waals surface area contributed by atoms with Crippen LogP contribution in [0.3, 0.4) is 0 Å². The van der Waals surface area contributed by atoms with E-state index in [2.05, 4.69) is 15.5 Å². The summed E-state index contributed by atoms with van der Waals surface area (Å²) in [7, 11) is 3.17. The second-order valence-corrected chi connectivity index (χ2v) is 5.42. The average molecular weight is 337 g/mol. The summed E-state index contributed by atoms with van der Waals surface area (Å²) in [5.41, 5.74) is 3.05. The van der Waals surface area contributed by atoms with Crippen LogP contribution in [-0.4, -0.2) is 36.9 Å². The first-order chi connectivity index (χ1) is 12.2. The van der Waals surface area contributed by atoms with Crippen LogP contribution in [0, 0.1) is 0 Å². The van der Waals surface area contributed by atoms with Crippen LogP contribution < -0.4 is 14.8 Å². The fourth-order valence-corrected chi connectivity index (χ4v) is 2.71. The SMILES string of the molecule is CCNC(=O)c1cccc(-c2cnnc3cc(OC)c(OC)cc23)c1. The van der Waals surface area contributed by atoms with Crippen molar-refractivity contribution in [1.29, 1.82) is 0 Å². The molecule has 0 fully saturated rings. The number of ether oxygens (including phenoxy) is 2. The minimum Gasteiger partial charge on any atom is -0.493 e. The first-order valence-electron chi connectivity index (χ1n) is 7.94. The van der Waals surface area contributed by atoms with Crippen LogP contribution in [0.15, 0.2) is 42.6 Å². The van der Waals surface area contributed by atoms with Gasteiger partial charge in [0.2, 0.25) is 0 Å². The average Bonchev–Trinajstić information content (AvgIpc) is 2.66. The summed E-state index contributed by atoms with van der Waals surface area (Å²) in [6, 6.07) is 11.1. The van der Waals surface area contributed by atoms with Crippen molar-refractivity contribution in [3.63, 3.8) is 0 Å². The number of nitrogens with zero attached hydrogens (tertiary/aromatic N) is 2. The molecule has 0 radical (unpaired) electrons. The number of hydrogen-bond donors (Lipinski definition) is 1. The first kappa shape index (κ1) is 16.7. The molecular weight excluding hydrogens is 318 g/mol. The largest absolute Gasteiger partial charge is 0.493 e. The molecule has 25 heavy (non-hydrogen) atoms. The Hall–Kier alpha value is -3.15. The zero-order chi connectivity index (χ0) is 17.8. The predicted molar refractivity (Wildman–Crippen MR) is 96.1 cm³/mol. The predicted octanol–water partition coefficient (Wildman–Crippen LogP) is 3.06. The normalized spacial score (nSPS) is 10.5. The zero-order valence-corrected chi connectivity index (χ0v) is 14.4. The lowest BCUT2D eigenvalue weighted by atomic mass is 10.00. The smallest absolute Gasteiger partial charge is 0.251 e. The number of aromatic nitrogens is 2. The fraction of sp³-hybridized carbons (Fsp3) is 0.211. The third-order valence-corrected chi connectivity index (χ3v) is 3.92. The molecule has 6 nitrogen and oxygen atoms in total. The summed E-state index contributed by atoms with van der Waals surface area (Å²) in [5, 5.41) is 11.9. The zero-order valence-electron chi connectivity index (χ0n) is 14.4. The molecule has 0 aliphatic heterocycles. The van der Waals surface area contributed by atoms with Crippen LogP contribution in [0.2, 0.25) is 0 Å². The Labute approximate surface area is 145 Å². The lowest BCUT2D eigenvalue weighted by Gasteiger charge is -2.11. The lowest BCUT2D eigenvalue weighted by molar-refractivity contribution is 0.0956. The number of benzene rings is 2. The first-order valence-corrected chi connectivity index (χ1v) is 7.94. The number of hydrogen-bond acceptors (Lipinski definition) is 5. The van der Waals surface area contributed by atoms with Gasteiger partial charge in [-0.1, -0.05) is 12.1 Å². The maximum atomic E-state index is 12.1. The highest BCUT2D eigenvalue weighted by Gasteiger charge is 2.13. The number of rotatable bonds is 5. The van der Waals surface area contributed by atoms with E-state index in [9.17, 15) is 4.79 Å². The Morgan fingerprint density at radius 1 is 1.12 bits per heavy atom. The van der Waals surface area contributed by atoms with Crippen LogP contribution in [0.1, 0.15) is 17.3 Å². The van der Waals surface area contributed by atoms with Gasteiger partial charge in [-0.2, -0.15) is 10.2 Å². The molecule has 0 aliphatic carbocycles. The maximum Gasteiger partial charge on any atom is 0.251 e. The third kappa shape index (κ3) is 3.24. The Kier molecular flexibility index (Phi) is 4.79. The lowest BCUT2D eigenvalue weighted by Crippen LogP contribution is -2.22. The second-order valence-electron chi connectivity index (χ2n) is 5.42. The van der Waals surface area contributed by atoms with E-state index in [1.165, 1.54) is 0 Å². The van der Waals surface area contributed by atoms with Crippen molar-refractivity contribution in [3.05, 3.63) is 48.2 Å². The van der Waals surface area contributed by atoms with Gasteiger partial charge in [0.1, 0.15) is 0 Å². The topological polar surface area (TPSA) is 73.3 Å². The van der Waals surface area contributed by atoms with Crippen molar-refractivity contribution in [2.75, 3.05) is 20.8 Å². The molecule has 1 amide bonds. The van der Waals surface area contributed by atoms with E-state index in [1.807, 2.05) is 31.2 Å². The van der Waals surface area contributed by atoms with Crippen molar-refractivity contribution in [2.45, 2.75) is 6.92 Å². The Balaban J connectivity index is 2.16. The molecule has 0 spiro atoms. The van der Waals surface area contributed by atoms with Gasteiger partial charge in [0, 0.05) is 29.1 Å². The van der Waals surface area contributed by atoms with E-state index in [4.69, 9.17) is 9.47 Å². The van der Waals surface area contributed by atoms with Crippen molar-refractivity contribution in [3.8, 4) is 22.6 Å². The molecule has 0 saturated carbocycles. The van der Waals surface area contributed by atoms with Gasteiger partial charge in [0.25, 0.3) is 5.91 Å². The molecule has 128 valence electrons. The van der Waals surface area contributed by atoms with Gasteiger partial charge >= 0.3 is 0 Å². The second kappa shape index (κ2) is 7.17. The molecule has 1 aromatic heterocycles. The summed E-state index contributed by atoms with van der Waals surface area (Å²) in [5.74, 6) is 1.11. The molecule has 6 heteroatoms. The van der Waals surface area contributed by atoms with E-state index in [1.54, 1.807) is 32.5 Å². The van der Waals surface area contributed by atoms with Crippen LogP contribution in [0.5, 0.6) is 11.5 Å². The highest BCUT2D eigenvalue weighted by atomic mass is 16.5. The molecule has 1 N–H and O–H groups in total. The van der Waals surface area contributed by atoms with Crippen LogP contribution in [0.4, 0.5) is 0 Å². The standard InChI is InChI=1S/C19H19N3O3/c1-4-20-19(23)13-7-5-6-12(8-13)15-11-21-22-16-10-18(25-3)17(24-2)9-14(15)16/h5-11H,4H2,1-3H3,(H,20,23). The van der Waals surface area contributed by atoms with Crippen molar-refractivity contribution in [2.24, 2.45) is 0 Å². The number of amides is 1. The summed E-state index contributed by atoms with van der Waals surface area (Å²) in [6.45, 7) is 2.47. The van der Waals surface area contributed by atoms with Crippen LogP contribution in [-0.2, 0) is 0 Å². The van der Waals surface area contributed by atoms with E-state index >= 15 is 0 Å². The Morgan fingerprint density at radius 2 is 1.88 bits per heavy atom. The number of methoxy groups -OCH3 is 2. The Morgan fingerprint density at radius 3 is 2.60 bits per heavy atom. The molecule has 0 unspecified atom stereocenters. The van der Waals surface area contributed by atoms with Crippen molar-refractivity contribution < 1.29 is 14.3 Å². The molecule has 0 aliphatic rings. The minimum atomic E-state index is -0.102. The minimum absolute atomic E-state index is 0.102. The number of carbonyl (C=O) groups is 1. The number of fused-ring (bicyclic) bond motifs is 1. The van der Waals surface area contributed by atoms with Gasteiger partial charge in [0.05, 0.1) is 25.9 Å². The molecule has 0 bridgehead atoms. The number of carbonyl (C=O) groups excluding carboxylic acids is 1. The quantitative estimate of drug-likeness (QED) is 0.774. The monoisotopic (exact) mass is 337 g/mol.